The zero-order valence-electron chi connectivity index (χ0n) is 11.3. The van der Waals surface area contributed by atoms with Gasteiger partial charge >= 0.3 is 0 Å². The van der Waals surface area contributed by atoms with Crippen LogP contribution >= 0.6 is 12.2 Å². The van der Waals surface area contributed by atoms with Crippen LogP contribution in [0.2, 0.25) is 0 Å². The molecule has 2 rings (SSSR count). The van der Waals surface area contributed by atoms with Crippen LogP contribution in [0.3, 0.4) is 0 Å². The van der Waals surface area contributed by atoms with Crippen LogP contribution in [-0.2, 0) is 9.84 Å². The summed E-state index contributed by atoms with van der Waals surface area (Å²) in [6.07, 6.45) is 2.82. The summed E-state index contributed by atoms with van der Waals surface area (Å²) >= 11 is 4.90. The highest BCUT2D eigenvalue weighted by molar-refractivity contribution is 7.90. The van der Waals surface area contributed by atoms with E-state index in [-0.39, 0.29) is 4.90 Å². The van der Waals surface area contributed by atoms with Gasteiger partial charge in [0.15, 0.2) is 9.84 Å². The molecule has 1 fully saturated rings. The molecule has 0 aliphatic carbocycles. The maximum Gasteiger partial charge on any atom is 0.179 e. The number of nitrogens with zero attached hydrogens (tertiary/aromatic N) is 3. The average Bonchev–Trinajstić information content (AvgIpc) is 2.38. The molecule has 0 unspecified atom stereocenters. The van der Waals surface area contributed by atoms with Crippen LogP contribution in [0, 0.1) is 0 Å². The summed E-state index contributed by atoms with van der Waals surface area (Å²) in [5, 5.41) is 0. The molecule has 0 saturated carbocycles. The molecule has 1 aromatic heterocycles. The maximum atomic E-state index is 11.8. The molecule has 0 spiro atoms. The summed E-state index contributed by atoms with van der Waals surface area (Å²) in [6, 6.07) is 3.24. The van der Waals surface area contributed by atoms with E-state index < -0.39 is 9.84 Å². The van der Waals surface area contributed by atoms with Gasteiger partial charge in [-0.15, -0.1) is 0 Å². The molecule has 0 aromatic carbocycles. The molecule has 2 N–H and O–H groups in total. The quantitative estimate of drug-likeness (QED) is 0.777. The fourth-order valence-electron chi connectivity index (χ4n) is 2.25. The Morgan fingerprint density at radius 2 is 2.05 bits per heavy atom. The van der Waals surface area contributed by atoms with E-state index in [1.54, 1.807) is 18.3 Å². The van der Waals surface area contributed by atoms with Crippen molar-refractivity contribution in [2.75, 3.05) is 43.9 Å². The zero-order chi connectivity index (χ0) is 14.8. The van der Waals surface area contributed by atoms with Crippen molar-refractivity contribution < 1.29 is 8.42 Å². The molecule has 20 heavy (non-hydrogen) atoms. The third-order valence-corrected chi connectivity index (χ3v) is 4.45. The first-order valence-corrected chi connectivity index (χ1v) is 8.58. The van der Waals surface area contributed by atoms with E-state index in [0.717, 1.165) is 13.1 Å². The van der Waals surface area contributed by atoms with E-state index in [1.807, 2.05) is 4.90 Å². The number of hydrogen-bond donors (Lipinski definition) is 1. The minimum absolute atomic E-state index is 0.280. The van der Waals surface area contributed by atoms with E-state index >= 15 is 0 Å². The average molecular weight is 314 g/mol. The maximum absolute atomic E-state index is 11.8. The summed E-state index contributed by atoms with van der Waals surface area (Å²) in [5.74, 6) is 0.532. The minimum Gasteiger partial charge on any atom is -0.392 e. The van der Waals surface area contributed by atoms with Gasteiger partial charge in [0.2, 0.25) is 0 Å². The molecular weight excluding hydrogens is 296 g/mol. The van der Waals surface area contributed by atoms with Gasteiger partial charge in [-0.1, -0.05) is 12.2 Å². The Balaban J connectivity index is 2.14. The number of thiocarbonyl (C=S) groups is 1. The van der Waals surface area contributed by atoms with E-state index in [1.165, 1.54) is 6.26 Å². The van der Waals surface area contributed by atoms with E-state index in [9.17, 15) is 8.42 Å². The van der Waals surface area contributed by atoms with Gasteiger partial charge in [-0.2, -0.15) is 0 Å². The Hall–Kier alpha value is -1.25. The third-order valence-electron chi connectivity index (χ3n) is 3.20. The van der Waals surface area contributed by atoms with Crippen LogP contribution in [-0.4, -0.2) is 62.3 Å². The molecule has 0 amide bonds. The van der Waals surface area contributed by atoms with Crippen molar-refractivity contribution in [3.8, 4) is 0 Å². The number of pyridine rings is 1. The Morgan fingerprint density at radius 1 is 1.40 bits per heavy atom. The number of rotatable bonds is 4. The van der Waals surface area contributed by atoms with Crippen molar-refractivity contribution in [2.45, 2.75) is 4.90 Å². The van der Waals surface area contributed by atoms with E-state index in [0.29, 0.717) is 30.4 Å². The van der Waals surface area contributed by atoms with Crippen LogP contribution in [0.4, 0.5) is 5.82 Å². The number of aromatic nitrogens is 1. The van der Waals surface area contributed by atoms with E-state index in [4.69, 9.17) is 18.0 Å². The van der Waals surface area contributed by atoms with Gasteiger partial charge in [-0.25, -0.2) is 13.4 Å². The highest BCUT2D eigenvalue weighted by Crippen LogP contribution is 2.23. The van der Waals surface area contributed by atoms with Crippen LogP contribution in [0.15, 0.2) is 23.2 Å². The fourth-order valence-corrected chi connectivity index (χ4v) is 3.27. The van der Waals surface area contributed by atoms with Gasteiger partial charge in [-0.3, -0.25) is 4.90 Å². The molecule has 8 heteroatoms. The highest BCUT2D eigenvalue weighted by Gasteiger charge is 2.23. The van der Waals surface area contributed by atoms with E-state index in [2.05, 4.69) is 9.88 Å². The van der Waals surface area contributed by atoms with Crippen molar-refractivity contribution in [1.82, 2.24) is 9.88 Å². The summed E-state index contributed by atoms with van der Waals surface area (Å²) < 4.78 is 23.6. The first-order valence-electron chi connectivity index (χ1n) is 6.28. The number of anilines is 1. The lowest BCUT2D eigenvalue weighted by atomic mass is 10.3. The standard InChI is InChI=1S/C12H18N4O2S2/c1-20(17,18)10-3-2-4-14-12(10)16-7-5-15(6-8-16)9-11(13)19/h2-4H,5-9H2,1H3,(H2,13,19). The molecule has 6 nitrogen and oxygen atoms in total. The third kappa shape index (κ3) is 3.65. The van der Waals surface area contributed by atoms with Crippen molar-refractivity contribution in [3.63, 3.8) is 0 Å². The number of piperazine rings is 1. The monoisotopic (exact) mass is 314 g/mol. The molecular formula is C12H18N4O2S2. The lowest BCUT2D eigenvalue weighted by molar-refractivity contribution is 0.291. The SMILES string of the molecule is CS(=O)(=O)c1cccnc1N1CCN(CC(N)=S)CC1. The van der Waals surface area contributed by atoms with Crippen LogP contribution in [0.25, 0.3) is 0 Å². The predicted molar refractivity (Wildman–Crippen MR) is 82.8 cm³/mol. The zero-order valence-corrected chi connectivity index (χ0v) is 13.0. The Morgan fingerprint density at radius 3 is 2.60 bits per heavy atom. The molecule has 0 radical (unpaired) electrons. The molecule has 1 aliphatic rings. The lowest BCUT2D eigenvalue weighted by Gasteiger charge is -2.35. The van der Waals surface area contributed by atoms with Crippen LogP contribution in [0.1, 0.15) is 0 Å². The second-order valence-corrected chi connectivity index (χ2v) is 7.34. The second kappa shape index (κ2) is 6.02. The van der Waals surface area contributed by atoms with Gasteiger partial charge < -0.3 is 10.6 Å². The summed E-state index contributed by atoms with van der Waals surface area (Å²) in [5.41, 5.74) is 5.53. The topological polar surface area (TPSA) is 79.5 Å². The molecule has 110 valence electrons. The normalized spacial score (nSPS) is 17.1. The molecule has 0 bridgehead atoms. The van der Waals surface area contributed by atoms with Gasteiger partial charge in [0.1, 0.15) is 10.7 Å². The number of hydrogen-bond acceptors (Lipinski definition) is 6. The first kappa shape index (κ1) is 15.1. The van der Waals surface area contributed by atoms with Gasteiger partial charge in [-0.05, 0) is 12.1 Å². The van der Waals surface area contributed by atoms with Crippen molar-refractivity contribution in [3.05, 3.63) is 18.3 Å². The van der Waals surface area contributed by atoms with Gasteiger partial charge in [0.05, 0.1) is 4.99 Å². The summed E-state index contributed by atoms with van der Waals surface area (Å²) in [4.78, 5) is 9.14. The molecule has 1 aliphatic heterocycles. The lowest BCUT2D eigenvalue weighted by Crippen LogP contribution is -2.49. The van der Waals surface area contributed by atoms with Crippen molar-refractivity contribution in [1.29, 1.82) is 0 Å². The van der Waals surface area contributed by atoms with Crippen molar-refractivity contribution >= 4 is 32.9 Å². The first-order chi connectivity index (χ1) is 9.38. The predicted octanol–water partition coefficient (Wildman–Crippen LogP) is -0.107. The molecule has 1 saturated heterocycles. The molecule has 0 atom stereocenters. The Labute approximate surface area is 124 Å². The van der Waals surface area contributed by atoms with Gasteiger partial charge in [0, 0.05) is 45.2 Å². The van der Waals surface area contributed by atoms with Crippen LogP contribution < -0.4 is 10.6 Å². The Bertz CT molecular complexity index is 595. The van der Waals surface area contributed by atoms with Crippen molar-refractivity contribution in [2.24, 2.45) is 5.73 Å². The summed E-state index contributed by atoms with van der Waals surface area (Å²) in [7, 11) is -3.27. The summed E-state index contributed by atoms with van der Waals surface area (Å²) in [6.45, 7) is 3.60. The van der Waals surface area contributed by atoms with Gasteiger partial charge in [0.25, 0.3) is 0 Å². The molecule has 2 heterocycles. The fraction of sp³-hybridized carbons (Fsp3) is 0.500. The minimum atomic E-state index is -3.27. The van der Waals surface area contributed by atoms with Crippen LogP contribution in [0.5, 0.6) is 0 Å². The highest BCUT2D eigenvalue weighted by atomic mass is 32.2. The number of sulfone groups is 1. The number of nitrogens with two attached hydrogens (primary N) is 1. The smallest absolute Gasteiger partial charge is 0.179 e. The Kier molecular flexibility index (Phi) is 4.56. The largest absolute Gasteiger partial charge is 0.392 e. The molecule has 1 aromatic rings. The second-order valence-electron chi connectivity index (χ2n) is 4.83.